The third-order valence-electron chi connectivity index (χ3n) is 3.11. The minimum Gasteiger partial charge on any atom is -0.460 e. The van der Waals surface area contributed by atoms with E-state index in [2.05, 4.69) is 18.8 Å². The van der Waals surface area contributed by atoms with Crippen molar-refractivity contribution in [2.24, 2.45) is 5.92 Å². The molecule has 0 unspecified atom stereocenters. The summed E-state index contributed by atoms with van der Waals surface area (Å²) in [6.45, 7) is 7.78. The van der Waals surface area contributed by atoms with Gasteiger partial charge >= 0.3 is 0 Å². The monoisotopic (exact) mass is 257 g/mol. The first kappa shape index (κ1) is 13.5. The molecule has 19 heavy (non-hydrogen) atoms. The number of carbonyl (C=O) groups excluding carboxylic acids is 1. The van der Waals surface area contributed by atoms with Gasteiger partial charge in [0.2, 0.25) is 0 Å². The van der Waals surface area contributed by atoms with E-state index in [0.29, 0.717) is 5.92 Å². The van der Waals surface area contributed by atoms with Crippen LogP contribution in [0.25, 0.3) is 11.3 Å². The number of pyridine rings is 1. The molecule has 0 aliphatic rings. The summed E-state index contributed by atoms with van der Waals surface area (Å²) in [4.78, 5) is 15.8. The highest BCUT2D eigenvalue weighted by molar-refractivity contribution is 5.98. The van der Waals surface area contributed by atoms with Crippen molar-refractivity contribution in [2.45, 2.75) is 34.1 Å². The van der Waals surface area contributed by atoms with Gasteiger partial charge in [0.25, 0.3) is 0 Å². The molecule has 0 saturated heterocycles. The average molecular weight is 257 g/mol. The van der Waals surface area contributed by atoms with Crippen LogP contribution in [0.3, 0.4) is 0 Å². The Labute approximate surface area is 113 Å². The van der Waals surface area contributed by atoms with Gasteiger partial charge in [-0.2, -0.15) is 0 Å². The van der Waals surface area contributed by atoms with E-state index in [0.717, 1.165) is 34.6 Å². The van der Waals surface area contributed by atoms with Crippen molar-refractivity contribution in [3.05, 3.63) is 41.4 Å². The number of furan rings is 1. The Bertz CT molecular complexity index is 582. The molecule has 2 rings (SSSR count). The zero-order valence-corrected chi connectivity index (χ0v) is 11.9. The first-order valence-electron chi connectivity index (χ1n) is 6.54. The van der Waals surface area contributed by atoms with Crippen LogP contribution in [0.5, 0.6) is 0 Å². The molecule has 0 spiro atoms. The topological polar surface area (TPSA) is 43.1 Å². The normalized spacial score (nSPS) is 11.0. The molecule has 2 heterocycles. The Balaban J connectivity index is 2.55. The van der Waals surface area contributed by atoms with Crippen LogP contribution >= 0.6 is 0 Å². The molecule has 100 valence electrons. The first-order valence-corrected chi connectivity index (χ1v) is 6.54. The van der Waals surface area contributed by atoms with Gasteiger partial charge in [0.15, 0.2) is 5.78 Å². The fourth-order valence-corrected chi connectivity index (χ4v) is 2.33. The van der Waals surface area contributed by atoms with Crippen molar-refractivity contribution >= 4 is 5.78 Å². The van der Waals surface area contributed by atoms with Crippen LogP contribution in [-0.2, 0) is 6.42 Å². The minimum atomic E-state index is 0.0669. The number of Topliss-reactive ketones (excluding diaryl/α,β-unsaturated/α-hetero) is 1. The Morgan fingerprint density at radius 2 is 1.95 bits per heavy atom. The standard InChI is InChI=1S/C16H19NO2/c1-10(2)9-14-15(12(4)18)11(3)16(19-14)13-5-7-17-8-6-13/h5-8,10H,9H2,1-4H3. The molecule has 0 aromatic carbocycles. The summed E-state index contributed by atoms with van der Waals surface area (Å²) in [6.07, 6.45) is 4.24. The van der Waals surface area contributed by atoms with Crippen LogP contribution in [0.15, 0.2) is 28.9 Å². The molecule has 0 N–H and O–H groups in total. The van der Waals surface area contributed by atoms with Crippen molar-refractivity contribution in [1.29, 1.82) is 0 Å². The summed E-state index contributed by atoms with van der Waals surface area (Å²) in [5.41, 5.74) is 2.62. The van der Waals surface area contributed by atoms with Crippen LogP contribution in [0.1, 0.15) is 42.5 Å². The summed E-state index contributed by atoms with van der Waals surface area (Å²) in [5, 5.41) is 0. The molecule has 0 aliphatic heterocycles. The molecule has 2 aromatic rings. The predicted molar refractivity (Wildman–Crippen MR) is 75.2 cm³/mol. The smallest absolute Gasteiger partial charge is 0.163 e. The Morgan fingerprint density at radius 1 is 1.32 bits per heavy atom. The largest absolute Gasteiger partial charge is 0.460 e. The van der Waals surface area contributed by atoms with E-state index in [9.17, 15) is 4.79 Å². The second-order valence-electron chi connectivity index (χ2n) is 5.24. The van der Waals surface area contributed by atoms with E-state index in [1.807, 2.05) is 19.1 Å². The lowest BCUT2D eigenvalue weighted by Crippen LogP contribution is -2.01. The van der Waals surface area contributed by atoms with Gasteiger partial charge in [0, 0.05) is 29.9 Å². The fourth-order valence-electron chi connectivity index (χ4n) is 2.33. The fraction of sp³-hybridized carbons (Fsp3) is 0.375. The second kappa shape index (κ2) is 5.39. The molecule has 3 nitrogen and oxygen atoms in total. The van der Waals surface area contributed by atoms with E-state index in [1.54, 1.807) is 19.3 Å². The van der Waals surface area contributed by atoms with Crippen molar-refractivity contribution in [3.8, 4) is 11.3 Å². The average Bonchev–Trinajstić information content (AvgIpc) is 2.66. The summed E-state index contributed by atoms with van der Waals surface area (Å²) in [5.74, 6) is 2.10. The number of carbonyl (C=O) groups is 1. The molecule has 0 amide bonds. The number of rotatable bonds is 4. The number of nitrogens with zero attached hydrogens (tertiary/aromatic N) is 1. The Kier molecular flexibility index (Phi) is 3.84. The van der Waals surface area contributed by atoms with Crippen LogP contribution in [-0.4, -0.2) is 10.8 Å². The number of hydrogen-bond donors (Lipinski definition) is 0. The molecular weight excluding hydrogens is 238 g/mol. The van der Waals surface area contributed by atoms with Gasteiger partial charge in [-0.1, -0.05) is 13.8 Å². The van der Waals surface area contributed by atoms with Crippen LogP contribution in [0.4, 0.5) is 0 Å². The molecule has 0 aliphatic carbocycles. The van der Waals surface area contributed by atoms with E-state index >= 15 is 0 Å². The summed E-state index contributed by atoms with van der Waals surface area (Å²) < 4.78 is 5.96. The Morgan fingerprint density at radius 3 is 2.47 bits per heavy atom. The van der Waals surface area contributed by atoms with Crippen molar-refractivity contribution in [1.82, 2.24) is 4.98 Å². The minimum absolute atomic E-state index is 0.0669. The third-order valence-corrected chi connectivity index (χ3v) is 3.11. The van der Waals surface area contributed by atoms with Crippen molar-refractivity contribution in [2.75, 3.05) is 0 Å². The number of aromatic nitrogens is 1. The maximum atomic E-state index is 11.8. The summed E-state index contributed by atoms with van der Waals surface area (Å²) in [7, 11) is 0. The molecule has 2 aromatic heterocycles. The molecule has 0 saturated carbocycles. The molecule has 3 heteroatoms. The lowest BCUT2D eigenvalue weighted by atomic mass is 9.99. The van der Waals surface area contributed by atoms with E-state index < -0.39 is 0 Å². The van der Waals surface area contributed by atoms with Gasteiger partial charge in [0.05, 0.1) is 5.56 Å². The van der Waals surface area contributed by atoms with Gasteiger partial charge < -0.3 is 4.42 Å². The maximum Gasteiger partial charge on any atom is 0.163 e. The SMILES string of the molecule is CC(=O)c1c(CC(C)C)oc(-c2ccncc2)c1C. The highest BCUT2D eigenvalue weighted by atomic mass is 16.3. The highest BCUT2D eigenvalue weighted by Gasteiger charge is 2.21. The predicted octanol–water partition coefficient (Wildman–Crippen LogP) is 4.05. The number of hydrogen-bond acceptors (Lipinski definition) is 3. The molecule has 0 bridgehead atoms. The van der Waals surface area contributed by atoms with Gasteiger partial charge in [-0.3, -0.25) is 9.78 Å². The lowest BCUT2D eigenvalue weighted by molar-refractivity contribution is 0.101. The zero-order valence-electron chi connectivity index (χ0n) is 11.9. The van der Waals surface area contributed by atoms with Crippen LogP contribution in [0, 0.1) is 12.8 Å². The molecular formula is C16H19NO2. The molecule has 0 atom stereocenters. The van der Waals surface area contributed by atoms with Gasteiger partial charge in [-0.05, 0) is 31.9 Å². The lowest BCUT2D eigenvalue weighted by Gasteiger charge is -2.02. The van der Waals surface area contributed by atoms with Crippen molar-refractivity contribution < 1.29 is 9.21 Å². The summed E-state index contributed by atoms with van der Waals surface area (Å²) in [6, 6.07) is 3.80. The molecule has 0 radical (unpaired) electrons. The Hall–Kier alpha value is -1.90. The first-order chi connectivity index (χ1) is 9.00. The van der Waals surface area contributed by atoms with Gasteiger partial charge in [0.1, 0.15) is 11.5 Å². The highest BCUT2D eigenvalue weighted by Crippen LogP contribution is 2.32. The van der Waals surface area contributed by atoms with Crippen LogP contribution < -0.4 is 0 Å². The van der Waals surface area contributed by atoms with E-state index in [-0.39, 0.29) is 5.78 Å². The van der Waals surface area contributed by atoms with E-state index in [4.69, 9.17) is 4.42 Å². The second-order valence-corrected chi connectivity index (χ2v) is 5.24. The van der Waals surface area contributed by atoms with E-state index in [1.165, 1.54) is 0 Å². The third kappa shape index (κ3) is 2.75. The quantitative estimate of drug-likeness (QED) is 0.776. The maximum absolute atomic E-state index is 11.8. The van der Waals surface area contributed by atoms with Gasteiger partial charge in [-0.15, -0.1) is 0 Å². The number of ketones is 1. The zero-order chi connectivity index (χ0) is 14.0. The summed E-state index contributed by atoms with van der Waals surface area (Å²) >= 11 is 0. The van der Waals surface area contributed by atoms with Crippen molar-refractivity contribution in [3.63, 3.8) is 0 Å². The molecule has 0 fully saturated rings. The van der Waals surface area contributed by atoms with Crippen LogP contribution in [0.2, 0.25) is 0 Å². The van der Waals surface area contributed by atoms with Gasteiger partial charge in [-0.25, -0.2) is 0 Å².